The number of benzene rings is 2. The Kier molecular flexibility index (Phi) is 6.26. The molecule has 2 amide bonds. The Labute approximate surface area is 194 Å². The molecule has 2 aliphatic rings. The number of carbonyl (C=O) groups excluding carboxylic acids is 2. The first kappa shape index (κ1) is 23.6. The van der Waals surface area contributed by atoms with Gasteiger partial charge in [-0.05, 0) is 22.3 Å². The van der Waals surface area contributed by atoms with E-state index < -0.39 is 36.0 Å². The molecule has 0 bridgehead atoms. The van der Waals surface area contributed by atoms with Crippen molar-refractivity contribution in [2.75, 3.05) is 33.4 Å². The van der Waals surface area contributed by atoms with Gasteiger partial charge in [-0.3, -0.25) is 4.79 Å². The number of aliphatic carboxylic acids is 1. The molecule has 0 spiro atoms. The van der Waals surface area contributed by atoms with Gasteiger partial charge in [0, 0.05) is 26.0 Å². The molecule has 1 fully saturated rings. The number of alkyl carbamates (subject to hydrolysis) is 1. The minimum Gasteiger partial charge on any atom is -0.479 e. The van der Waals surface area contributed by atoms with Crippen LogP contribution in [0.15, 0.2) is 48.5 Å². The summed E-state index contributed by atoms with van der Waals surface area (Å²) in [6.45, 7) is -1.75. The molecular formula is C24H24F2N2O6. The van der Waals surface area contributed by atoms with E-state index in [4.69, 9.17) is 9.47 Å². The van der Waals surface area contributed by atoms with Crippen molar-refractivity contribution >= 4 is 18.0 Å². The lowest BCUT2D eigenvalue weighted by molar-refractivity contribution is -0.170. The van der Waals surface area contributed by atoms with E-state index >= 15 is 0 Å². The number of nitrogens with zero attached hydrogens (tertiary/aromatic N) is 1. The second-order valence-electron chi connectivity index (χ2n) is 8.39. The van der Waals surface area contributed by atoms with Crippen molar-refractivity contribution in [3.8, 4) is 11.1 Å². The van der Waals surface area contributed by atoms with Crippen molar-refractivity contribution in [2.45, 2.75) is 23.8 Å². The molecule has 1 unspecified atom stereocenters. The highest BCUT2D eigenvalue weighted by atomic mass is 19.3. The SMILES string of the molecule is CN(C(=O)C(F)(F)CNC(=O)OCC1c2ccccc2-c2ccccc21)C1(C(=O)O)CCOC1. The van der Waals surface area contributed by atoms with Crippen molar-refractivity contribution in [3.63, 3.8) is 0 Å². The number of carboxylic acid groups (broad SMARTS) is 1. The number of amides is 2. The van der Waals surface area contributed by atoms with Gasteiger partial charge in [0.2, 0.25) is 0 Å². The number of carbonyl (C=O) groups is 3. The van der Waals surface area contributed by atoms with Crippen molar-refractivity contribution in [1.82, 2.24) is 10.2 Å². The van der Waals surface area contributed by atoms with E-state index in [-0.39, 0.29) is 32.2 Å². The Morgan fingerprint density at radius 3 is 2.26 bits per heavy atom. The number of hydrogen-bond donors (Lipinski definition) is 2. The molecule has 1 heterocycles. The number of ether oxygens (including phenoxy) is 2. The topological polar surface area (TPSA) is 105 Å². The van der Waals surface area contributed by atoms with Crippen LogP contribution >= 0.6 is 0 Å². The molecule has 0 saturated carbocycles. The Morgan fingerprint density at radius 2 is 1.74 bits per heavy atom. The third-order valence-electron chi connectivity index (χ3n) is 6.46. The normalized spacial score (nSPS) is 19.3. The highest BCUT2D eigenvalue weighted by molar-refractivity contribution is 5.91. The summed E-state index contributed by atoms with van der Waals surface area (Å²) in [5.41, 5.74) is 2.11. The van der Waals surface area contributed by atoms with Gasteiger partial charge in [0.15, 0.2) is 5.54 Å². The number of nitrogens with one attached hydrogen (secondary N) is 1. The monoisotopic (exact) mass is 474 g/mol. The average Bonchev–Trinajstić information content (AvgIpc) is 3.45. The lowest BCUT2D eigenvalue weighted by atomic mass is 9.96. The molecular weight excluding hydrogens is 450 g/mol. The van der Waals surface area contributed by atoms with Crippen LogP contribution in [0.5, 0.6) is 0 Å². The first-order valence-electron chi connectivity index (χ1n) is 10.7. The summed E-state index contributed by atoms with van der Waals surface area (Å²) in [4.78, 5) is 36.7. The second kappa shape index (κ2) is 9.02. The minimum atomic E-state index is -4.04. The number of carboxylic acids is 1. The smallest absolute Gasteiger partial charge is 0.407 e. The zero-order valence-corrected chi connectivity index (χ0v) is 18.4. The van der Waals surface area contributed by atoms with Crippen molar-refractivity contribution < 1.29 is 37.7 Å². The standard InChI is InChI=1S/C24H24F2N2O6/c1-28(23(21(30)31)10-11-33-14-23)20(29)24(25,26)13-27-22(32)34-12-19-17-8-4-2-6-15(17)16-7-3-5-9-18(16)19/h2-9,19H,10-14H2,1H3,(H,27,32)(H,30,31). The summed E-state index contributed by atoms with van der Waals surface area (Å²) >= 11 is 0. The Morgan fingerprint density at radius 1 is 1.15 bits per heavy atom. The van der Waals surface area contributed by atoms with Crippen LogP contribution in [0.1, 0.15) is 23.5 Å². The number of fused-ring (bicyclic) bond motifs is 3. The summed E-state index contributed by atoms with van der Waals surface area (Å²) in [5, 5.41) is 11.4. The molecule has 180 valence electrons. The molecule has 0 radical (unpaired) electrons. The van der Waals surface area contributed by atoms with Gasteiger partial charge in [0.25, 0.3) is 5.91 Å². The molecule has 2 aromatic carbocycles. The maximum Gasteiger partial charge on any atom is 0.407 e. The highest BCUT2D eigenvalue weighted by Gasteiger charge is 2.53. The average molecular weight is 474 g/mol. The summed E-state index contributed by atoms with van der Waals surface area (Å²) in [7, 11) is 0.992. The highest BCUT2D eigenvalue weighted by Crippen LogP contribution is 2.44. The molecule has 2 N–H and O–H groups in total. The van der Waals surface area contributed by atoms with E-state index in [0.29, 0.717) is 4.90 Å². The summed E-state index contributed by atoms with van der Waals surface area (Å²) in [6, 6.07) is 15.4. The largest absolute Gasteiger partial charge is 0.479 e. The second-order valence-corrected chi connectivity index (χ2v) is 8.39. The van der Waals surface area contributed by atoms with Gasteiger partial charge in [-0.15, -0.1) is 0 Å². The molecule has 10 heteroatoms. The lowest BCUT2D eigenvalue weighted by Crippen LogP contribution is -2.61. The van der Waals surface area contributed by atoms with Crippen LogP contribution in [0.3, 0.4) is 0 Å². The first-order chi connectivity index (χ1) is 16.2. The molecule has 4 rings (SSSR count). The van der Waals surface area contributed by atoms with E-state index in [1.165, 1.54) is 0 Å². The van der Waals surface area contributed by atoms with Gasteiger partial charge < -0.3 is 24.8 Å². The van der Waals surface area contributed by atoms with Crippen molar-refractivity contribution in [3.05, 3.63) is 59.7 Å². The predicted octanol–water partition coefficient (Wildman–Crippen LogP) is 2.86. The maximum absolute atomic E-state index is 14.6. The van der Waals surface area contributed by atoms with Crippen LogP contribution in [0.4, 0.5) is 13.6 Å². The van der Waals surface area contributed by atoms with Crippen LogP contribution in [-0.4, -0.2) is 72.9 Å². The fraction of sp³-hybridized carbons (Fsp3) is 0.375. The van der Waals surface area contributed by atoms with Crippen molar-refractivity contribution in [1.29, 1.82) is 0 Å². The van der Waals surface area contributed by atoms with Crippen LogP contribution < -0.4 is 5.32 Å². The summed E-state index contributed by atoms with van der Waals surface area (Å²) in [5.74, 6) is -7.43. The number of halogens is 2. The van der Waals surface area contributed by atoms with Crippen molar-refractivity contribution in [2.24, 2.45) is 0 Å². The van der Waals surface area contributed by atoms with E-state index in [2.05, 4.69) is 0 Å². The van der Waals surface area contributed by atoms with E-state index in [1.807, 2.05) is 53.8 Å². The number of hydrogen-bond acceptors (Lipinski definition) is 5. The van der Waals surface area contributed by atoms with Crippen LogP contribution in [0.25, 0.3) is 11.1 Å². The fourth-order valence-electron chi connectivity index (χ4n) is 4.48. The third-order valence-corrected chi connectivity index (χ3v) is 6.46. The first-order valence-corrected chi connectivity index (χ1v) is 10.7. The zero-order valence-electron chi connectivity index (χ0n) is 18.4. The Bertz CT molecular complexity index is 1070. The summed E-state index contributed by atoms with van der Waals surface area (Å²) in [6.07, 6.45) is -1.21. The predicted molar refractivity (Wildman–Crippen MR) is 117 cm³/mol. The zero-order chi connectivity index (χ0) is 24.5. The molecule has 8 nitrogen and oxygen atoms in total. The van der Waals surface area contributed by atoms with E-state index in [0.717, 1.165) is 29.3 Å². The van der Waals surface area contributed by atoms with Gasteiger partial charge in [-0.2, -0.15) is 8.78 Å². The van der Waals surface area contributed by atoms with Crippen LogP contribution in [0, 0.1) is 0 Å². The molecule has 34 heavy (non-hydrogen) atoms. The molecule has 1 atom stereocenters. The van der Waals surface area contributed by atoms with Gasteiger partial charge in [-0.25, -0.2) is 9.59 Å². The molecule has 2 aromatic rings. The fourth-order valence-corrected chi connectivity index (χ4v) is 4.48. The number of likely N-dealkylation sites (N-methyl/N-ethyl adjacent to an activating group) is 1. The maximum atomic E-state index is 14.6. The quantitative estimate of drug-likeness (QED) is 0.640. The van der Waals surface area contributed by atoms with Gasteiger partial charge in [0.05, 0.1) is 13.2 Å². The Balaban J connectivity index is 1.37. The van der Waals surface area contributed by atoms with Gasteiger partial charge in [-0.1, -0.05) is 48.5 Å². The molecule has 1 saturated heterocycles. The third kappa shape index (κ3) is 4.09. The van der Waals surface area contributed by atoms with Crippen LogP contribution in [0.2, 0.25) is 0 Å². The Hall–Kier alpha value is -3.53. The molecule has 0 aromatic heterocycles. The van der Waals surface area contributed by atoms with Gasteiger partial charge in [0.1, 0.15) is 6.61 Å². The number of alkyl halides is 2. The minimum absolute atomic E-state index is 0.0352. The van der Waals surface area contributed by atoms with Crippen LogP contribution in [-0.2, 0) is 19.1 Å². The summed E-state index contributed by atoms with van der Waals surface area (Å²) < 4.78 is 39.3. The van der Waals surface area contributed by atoms with E-state index in [9.17, 15) is 28.3 Å². The van der Waals surface area contributed by atoms with Gasteiger partial charge >= 0.3 is 18.0 Å². The molecule has 1 aliphatic carbocycles. The van der Waals surface area contributed by atoms with E-state index in [1.54, 1.807) is 0 Å². The molecule has 1 aliphatic heterocycles. The lowest BCUT2D eigenvalue weighted by Gasteiger charge is -2.35. The number of rotatable bonds is 7.